The summed E-state index contributed by atoms with van der Waals surface area (Å²) in [6.07, 6.45) is 3.71. The van der Waals surface area contributed by atoms with Gasteiger partial charge in [0.25, 0.3) is 10.0 Å². The molecule has 0 saturated carbocycles. The summed E-state index contributed by atoms with van der Waals surface area (Å²) in [6.45, 7) is 4.72. The number of nitrogens with zero attached hydrogens (tertiary/aromatic N) is 2. The molecule has 0 amide bonds. The molecule has 20 heavy (non-hydrogen) atoms. The van der Waals surface area contributed by atoms with Gasteiger partial charge in [-0.25, -0.2) is 13.1 Å². The summed E-state index contributed by atoms with van der Waals surface area (Å²) in [7, 11) is -1.50. The minimum atomic E-state index is -3.52. The van der Waals surface area contributed by atoms with Gasteiger partial charge in [0, 0.05) is 24.7 Å². The molecule has 1 aliphatic rings. The molecule has 0 aliphatic carbocycles. The first-order chi connectivity index (χ1) is 9.54. The van der Waals surface area contributed by atoms with E-state index in [0.717, 1.165) is 25.9 Å². The van der Waals surface area contributed by atoms with E-state index in [9.17, 15) is 8.42 Å². The van der Waals surface area contributed by atoms with Crippen LogP contribution in [0.4, 0.5) is 0 Å². The summed E-state index contributed by atoms with van der Waals surface area (Å²) >= 11 is 0. The number of nitrogens with one attached hydrogen (secondary N) is 3. The number of likely N-dealkylation sites (tertiary alicyclic amines) is 1. The highest BCUT2D eigenvalue weighted by molar-refractivity contribution is 7.89. The highest BCUT2D eigenvalue weighted by Gasteiger charge is 2.25. The molecule has 7 nitrogen and oxygen atoms in total. The second-order valence-corrected chi connectivity index (χ2v) is 6.84. The van der Waals surface area contributed by atoms with Crippen LogP contribution in [0.25, 0.3) is 0 Å². The molecule has 1 aromatic heterocycles. The van der Waals surface area contributed by atoms with Gasteiger partial charge >= 0.3 is 0 Å². The number of hydrogen-bond donors (Lipinski definition) is 3. The molecule has 0 spiro atoms. The fourth-order valence-corrected chi connectivity index (χ4v) is 3.63. The molecule has 0 bridgehead atoms. The lowest BCUT2D eigenvalue weighted by atomic mass is 10.2. The van der Waals surface area contributed by atoms with Crippen LogP contribution < -0.4 is 10.0 Å². The lowest BCUT2D eigenvalue weighted by Gasteiger charge is -2.19. The number of likely N-dealkylation sites (N-methyl/N-ethyl adjacent to an activating group) is 1. The molecule has 8 heteroatoms. The van der Waals surface area contributed by atoms with E-state index in [0.29, 0.717) is 18.7 Å². The molecule has 1 fully saturated rings. The largest absolute Gasteiger partial charge is 0.313 e. The van der Waals surface area contributed by atoms with Gasteiger partial charge in [-0.3, -0.25) is 5.10 Å². The average Bonchev–Trinajstić information content (AvgIpc) is 3.03. The van der Waals surface area contributed by atoms with E-state index in [-0.39, 0.29) is 11.1 Å². The summed E-state index contributed by atoms with van der Waals surface area (Å²) in [6, 6.07) is 0.282. The van der Waals surface area contributed by atoms with E-state index >= 15 is 0 Å². The summed E-state index contributed by atoms with van der Waals surface area (Å²) in [5, 5.41) is 9.70. The summed E-state index contributed by atoms with van der Waals surface area (Å²) in [5.74, 6) is 0. The van der Waals surface area contributed by atoms with Crippen LogP contribution in [0.1, 0.15) is 25.3 Å². The van der Waals surface area contributed by atoms with Crippen molar-refractivity contribution >= 4 is 10.0 Å². The molecule has 0 radical (unpaired) electrons. The minimum Gasteiger partial charge on any atom is -0.313 e. The van der Waals surface area contributed by atoms with Crippen molar-refractivity contribution in [2.75, 3.05) is 26.7 Å². The van der Waals surface area contributed by atoms with Crippen LogP contribution >= 0.6 is 0 Å². The topological polar surface area (TPSA) is 90.1 Å². The van der Waals surface area contributed by atoms with Crippen LogP contribution in [0.5, 0.6) is 0 Å². The molecule has 3 N–H and O–H groups in total. The number of sulfonamides is 1. The SMILES string of the molecule is CCNCc1cn[nH]c1S(=O)(=O)NCC1CCCN1C. The van der Waals surface area contributed by atoms with E-state index in [1.807, 2.05) is 14.0 Å². The highest BCUT2D eigenvalue weighted by Crippen LogP contribution is 2.16. The smallest absolute Gasteiger partial charge is 0.257 e. The quantitative estimate of drug-likeness (QED) is 0.654. The maximum absolute atomic E-state index is 12.3. The third-order valence-electron chi connectivity index (χ3n) is 3.69. The van der Waals surface area contributed by atoms with Crippen LogP contribution in [0.2, 0.25) is 0 Å². The molecule has 1 atom stereocenters. The number of rotatable bonds is 7. The Balaban J connectivity index is 2.01. The predicted octanol–water partition coefficient (Wildman–Crippen LogP) is -0.108. The zero-order valence-electron chi connectivity index (χ0n) is 12.0. The molecule has 1 unspecified atom stereocenters. The van der Waals surface area contributed by atoms with Crippen molar-refractivity contribution in [3.63, 3.8) is 0 Å². The second kappa shape index (κ2) is 6.66. The van der Waals surface area contributed by atoms with Gasteiger partial charge in [-0.2, -0.15) is 5.10 Å². The first-order valence-corrected chi connectivity index (χ1v) is 8.45. The summed E-state index contributed by atoms with van der Waals surface area (Å²) in [4.78, 5) is 2.19. The zero-order valence-corrected chi connectivity index (χ0v) is 12.8. The van der Waals surface area contributed by atoms with Crippen molar-refractivity contribution in [2.45, 2.75) is 37.4 Å². The Kier molecular flexibility index (Phi) is 5.14. The van der Waals surface area contributed by atoms with E-state index in [1.165, 1.54) is 0 Å². The maximum Gasteiger partial charge on any atom is 0.257 e. The van der Waals surface area contributed by atoms with Crippen molar-refractivity contribution in [3.8, 4) is 0 Å². The van der Waals surface area contributed by atoms with Gasteiger partial charge in [-0.1, -0.05) is 6.92 Å². The number of H-pyrrole nitrogens is 1. The number of hydrogen-bond acceptors (Lipinski definition) is 5. The Morgan fingerprint density at radius 1 is 1.55 bits per heavy atom. The average molecular weight is 301 g/mol. The van der Waals surface area contributed by atoms with Crippen LogP contribution in [-0.2, 0) is 16.6 Å². The van der Waals surface area contributed by atoms with Crippen molar-refractivity contribution < 1.29 is 8.42 Å². The van der Waals surface area contributed by atoms with Crippen molar-refractivity contribution in [2.24, 2.45) is 0 Å². The van der Waals surface area contributed by atoms with Crippen LogP contribution in [0.15, 0.2) is 11.2 Å². The fraction of sp³-hybridized carbons (Fsp3) is 0.750. The first-order valence-electron chi connectivity index (χ1n) is 6.97. The Labute approximate surface area is 120 Å². The Bertz CT molecular complexity index is 528. The third kappa shape index (κ3) is 3.57. The highest BCUT2D eigenvalue weighted by atomic mass is 32.2. The van der Waals surface area contributed by atoms with Gasteiger partial charge in [0.2, 0.25) is 0 Å². The molecule has 0 aromatic carbocycles. The predicted molar refractivity (Wildman–Crippen MR) is 76.8 cm³/mol. The monoisotopic (exact) mass is 301 g/mol. The van der Waals surface area contributed by atoms with Gasteiger partial charge in [0.15, 0.2) is 5.03 Å². The van der Waals surface area contributed by atoms with Crippen LogP contribution in [0, 0.1) is 0 Å². The van der Waals surface area contributed by atoms with E-state index < -0.39 is 10.0 Å². The number of aromatic amines is 1. The normalized spacial score (nSPS) is 20.6. The van der Waals surface area contributed by atoms with Crippen LogP contribution in [0.3, 0.4) is 0 Å². The first kappa shape index (κ1) is 15.4. The van der Waals surface area contributed by atoms with Crippen molar-refractivity contribution in [3.05, 3.63) is 11.8 Å². The standard InChI is InChI=1S/C12H23N5O2S/c1-3-13-7-10-8-14-16-12(10)20(18,19)15-9-11-5-4-6-17(11)2/h8,11,13,15H,3-7,9H2,1-2H3,(H,14,16). The summed E-state index contributed by atoms with van der Waals surface area (Å²) < 4.78 is 27.3. The van der Waals surface area contributed by atoms with E-state index in [4.69, 9.17) is 0 Å². The second-order valence-electron chi connectivity index (χ2n) is 5.13. The van der Waals surface area contributed by atoms with Gasteiger partial charge in [0.05, 0.1) is 6.20 Å². The van der Waals surface area contributed by atoms with Gasteiger partial charge in [0.1, 0.15) is 0 Å². The van der Waals surface area contributed by atoms with E-state index in [1.54, 1.807) is 6.20 Å². The molecule has 1 aliphatic heterocycles. The van der Waals surface area contributed by atoms with Crippen molar-refractivity contribution in [1.82, 2.24) is 25.1 Å². The molecule has 1 saturated heterocycles. The van der Waals surface area contributed by atoms with Gasteiger partial charge < -0.3 is 10.2 Å². The summed E-state index contributed by atoms with van der Waals surface area (Å²) in [5.41, 5.74) is 0.666. The molecule has 2 rings (SSSR count). The Morgan fingerprint density at radius 2 is 2.35 bits per heavy atom. The lowest BCUT2D eigenvalue weighted by Crippen LogP contribution is -2.38. The minimum absolute atomic E-state index is 0.166. The maximum atomic E-state index is 12.3. The molecular weight excluding hydrogens is 278 g/mol. The third-order valence-corrected chi connectivity index (χ3v) is 5.13. The zero-order chi connectivity index (χ0) is 14.6. The van der Waals surface area contributed by atoms with Crippen LogP contribution in [-0.4, -0.2) is 56.2 Å². The molecule has 114 valence electrons. The van der Waals surface area contributed by atoms with Gasteiger partial charge in [-0.15, -0.1) is 0 Å². The molecular formula is C12H23N5O2S. The van der Waals surface area contributed by atoms with Gasteiger partial charge in [-0.05, 0) is 33.0 Å². The lowest BCUT2D eigenvalue weighted by molar-refractivity contribution is 0.310. The fourth-order valence-electron chi connectivity index (χ4n) is 2.43. The molecule has 1 aromatic rings. The van der Waals surface area contributed by atoms with E-state index in [2.05, 4.69) is 25.1 Å². The molecule has 2 heterocycles. The Morgan fingerprint density at radius 3 is 3.00 bits per heavy atom. The number of aromatic nitrogens is 2. The Hall–Kier alpha value is -0.960. The van der Waals surface area contributed by atoms with Crippen molar-refractivity contribution in [1.29, 1.82) is 0 Å².